The summed E-state index contributed by atoms with van der Waals surface area (Å²) in [4.78, 5) is 28.9. The van der Waals surface area contributed by atoms with Gasteiger partial charge >= 0.3 is 0 Å². The Morgan fingerprint density at radius 3 is 2.66 bits per heavy atom. The number of nitrogens with zero attached hydrogens (tertiary/aromatic N) is 6. The molecular weight excluding hydrogens is 518 g/mol. The van der Waals surface area contributed by atoms with Crippen LogP contribution >= 0.6 is 11.6 Å². The van der Waals surface area contributed by atoms with Crippen LogP contribution in [0.3, 0.4) is 0 Å². The van der Waals surface area contributed by atoms with Gasteiger partial charge in [-0.25, -0.2) is 23.7 Å². The second-order valence-corrected chi connectivity index (χ2v) is 9.05. The van der Waals surface area contributed by atoms with Gasteiger partial charge in [-0.05, 0) is 19.2 Å². The van der Waals surface area contributed by atoms with Gasteiger partial charge in [0.1, 0.15) is 17.3 Å². The molecule has 0 unspecified atom stereocenters. The molecule has 3 aromatic heterocycles. The van der Waals surface area contributed by atoms with E-state index >= 15 is 0 Å². The summed E-state index contributed by atoms with van der Waals surface area (Å²) in [5.41, 5.74) is 2.09. The third-order valence-electron chi connectivity index (χ3n) is 6.27. The minimum atomic E-state index is -0.796. The molecule has 5 rings (SSSR count). The number of aromatic nitrogens is 4. The lowest BCUT2D eigenvalue weighted by Gasteiger charge is -2.36. The maximum atomic E-state index is 14.1. The molecule has 1 amide bonds. The number of imidazole rings is 1. The lowest BCUT2D eigenvalue weighted by Crippen LogP contribution is -2.50. The number of pyridine rings is 1. The molecule has 0 saturated carbocycles. The maximum absolute atomic E-state index is 14.1. The smallest absolute Gasteiger partial charge is 0.236 e. The molecule has 198 valence electrons. The molecule has 1 aliphatic rings. The highest BCUT2D eigenvalue weighted by Crippen LogP contribution is 2.33. The molecule has 4 aromatic rings. The number of hydrogen-bond acceptors (Lipinski definition) is 8. The first-order chi connectivity index (χ1) is 18.4. The van der Waals surface area contributed by atoms with Gasteiger partial charge in [0, 0.05) is 50.2 Å². The van der Waals surface area contributed by atoms with Crippen molar-refractivity contribution in [3.63, 3.8) is 0 Å². The molecular formula is C25H25ClF2N8O2. The minimum Gasteiger partial charge on any atom is -0.494 e. The standard InChI is InChI=1S/C25H25ClF2N8O2/c1-29-13-22(37)35-7-5-34(6-8-35)16-3-4-19(21(10-16)38-2)32-25-31-11-17(26)23(33-25)20-12-30-24-18(28)9-15(27)14-36(20)24/h3-4,9-12,14,29H,5-8,13H2,1-2H3,(H,31,32,33). The highest BCUT2D eigenvalue weighted by atomic mass is 35.5. The number of hydrogen-bond donors (Lipinski definition) is 2. The van der Waals surface area contributed by atoms with Crippen molar-refractivity contribution in [1.82, 2.24) is 29.6 Å². The average Bonchev–Trinajstić information content (AvgIpc) is 3.34. The number of methoxy groups -OCH3 is 1. The van der Waals surface area contributed by atoms with E-state index in [0.717, 1.165) is 18.0 Å². The number of nitrogens with one attached hydrogen (secondary N) is 2. The van der Waals surface area contributed by atoms with Crippen LogP contribution in [0.2, 0.25) is 5.02 Å². The molecule has 1 aliphatic heterocycles. The van der Waals surface area contributed by atoms with Crippen LogP contribution in [0.4, 0.5) is 26.1 Å². The molecule has 0 atom stereocenters. The number of fused-ring (bicyclic) bond motifs is 1. The monoisotopic (exact) mass is 542 g/mol. The fourth-order valence-electron chi connectivity index (χ4n) is 4.37. The Kier molecular flexibility index (Phi) is 7.25. The number of amides is 1. The molecule has 0 radical (unpaired) electrons. The van der Waals surface area contributed by atoms with Crippen molar-refractivity contribution in [2.75, 3.05) is 57.1 Å². The minimum absolute atomic E-state index is 0.0462. The number of likely N-dealkylation sites (N-methyl/N-ethyl adjacent to an activating group) is 1. The fourth-order valence-corrected chi connectivity index (χ4v) is 4.56. The number of ether oxygens (including phenoxy) is 1. The van der Waals surface area contributed by atoms with Crippen molar-refractivity contribution in [2.45, 2.75) is 0 Å². The summed E-state index contributed by atoms with van der Waals surface area (Å²) in [7, 11) is 3.32. The van der Waals surface area contributed by atoms with Gasteiger partial charge in [-0.3, -0.25) is 9.20 Å². The largest absolute Gasteiger partial charge is 0.494 e. The second-order valence-electron chi connectivity index (χ2n) is 8.64. The first-order valence-electron chi connectivity index (χ1n) is 11.9. The van der Waals surface area contributed by atoms with Crippen LogP contribution in [0, 0.1) is 11.6 Å². The highest BCUT2D eigenvalue weighted by molar-refractivity contribution is 6.32. The van der Waals surface area contributed by atoms with Crippen LogP contribution in [0.25, 0.3) is 17.0 Å². The highest BCUT2D eigenvalue weighted by Gasteiger charge is 2.22. The van der Waals surface area contributed by atoms with Gasteiger partial charge in [0.25, 0.3) is 0 Å². The zero-order valence-corrected chi connectivity index (χ0v) is 21.5. The van der Waals surface area contributed by atoms with E-state index in [4.69, 9.17) is 16.3 Å². The van der Waals surface area contributed by atoms with E-state index in [2.05, 4.69) is 30.5 Å². The Morgan fingerprint density at radius 2 is 1.92 bits per heavy atom. The van der Waals surface area contributed by atoms with Crippen LogP contribution < -0.4 is 20.3 Å². The van der Waals surface area contributed by atoms with E-state index in [1.165, 1.54) is 16.8 Å². The molecule has 1 fully saturated rings. The Balaban J connectivity index is 1.37. The molecule has 10 nitrogen and oxygen atoms in total. The summed E-state index contributed by atoms with van der Waals surface area (Å²) < 4.78 is 34.9. The Hall–Kier alpha value is -4.03. The van der Waals surface area contributed by atoms with Gasteiger partial charge in [0.2, 0.25) is 11.9 Å². The van der Waals surface area contributed by atoms with Crippen molar-refractivity contribution in [3.05, 3.63) is 59.5 Å². The van der Waals surface area contributed by atoms with Crippen LogP contribution in [0.5, 0.6) is 5.75 Å². The van der Waals surface area contributed by atoms with Gasteiger partial charge in [0.15, 0.2) is 11.5 Å². The van der Waals surface area contributed by atoms with E-state index in [0.29, 0.717) is 49.9 Å². The molecule has 1 saturated heterocycles. The normalized spacial score (nSPS) is 13.7. The van der Waals surface area contributed by atoms with E-state index in [1.54, 1.807) is 14.2 Å². The van der Waals surface area contributed by atoms with Gasteiger partial charge in [-0.1, -0.05) is 11.6 Å². The van der Waals surface area contributed by atoms with Crippen LogP contribution in [0.15, 0.2) is 42.9 Å². The summed E-state index contributed by atoms with van der Waals surface area (Å²) >= 11 is 6.34. The van der Waals surface area contributed by atoms with E-state index < -0.39 is 11.6 Å². The number of benzene rings is 1. The van der Waals surface area contributed by atoms with Crippen molar-refractivity contribution < 1.29 is 18.3 Å². The number of carbonyl (C=O) groups excluding carboxylic acids is 1. The number of carbonyl (C=O) groups is 1. The Labute approximate surface area is 222 Å². The third kappa shape index (κ3) is 5.04. The summed E-state index contributed by atoms with van der Waals surface area (Å²) in [6.07, 6.45) is 3.89. The molecule has 1 aromatic carbocycles. The first kappa shape index (κ1) is 25.6. The Bertz CT molecular complexity index is 1490. The molecule has 38 heavy (non-hydrogen) atoms. The quantitative estimate of drug-likeness (QED) is 0.367. The predicted molar refractivity (Wildman–Crippen MR) is 140 cm³/mol. The molecule has 0 bridgehead atoms. The lowest BCUT2D eigenvalue weighted by molar-refractivity contribution is -0.130. The van der Waals surface area contributed by atoms with Gasteiger partial charge in [0.05, 0.1) is 42.5 Å². The zero-order valence-electron chi connectivity index (χ0n) is 20.7. The van der Waals surface area contributed by atoms with Gasteiger partial charge < -0.3 is 25.2 Å². The molecule has 0 aliphatic carbocycles. The predicted octanol–water partition coefficient (Wildman–Crippen LogP) is 3.34. The molecule has 13 heteroatoms. The van der Waals surface area contributed by atoms with Gasteiger partial charge in [-0.15, -0.1) is 0 Å². The Morgan fingerprint density at radius 1 is 1.13 bits per heavy atom. The molecule has 0 spiro atoms. The summed E-state index contributed by atoms with van der Waals surface area (Å²) in [5, 5.41) is 6.21. The fraction of sp³-hybridized carbons (Fsp3) is 0.280. The van der Waals surface area contributed by atoms with Crippen molar-refractivity contribution in [1.29, 1.82) is 0 Å². The van der Waals surface area contributed by atoms with Crippen LogP contribution in [-0.2, 0) is 4.79 Å². The van der Waals surface area contributed by atoms with Crippen molar-refractivity contribution in [3.8, 4) is 17.1 Å². The van der Waals surface area contributed by atoms with E-state index in [1.807, 2.05) is 23.1 Å². The zero-order chi connectivity index (χ0) is 26.8. The number of rotatable bonds is 7. The van der Waals surface area contributed by atoms with E-state index in [-0.39, 0.29) is 28.2 Å². The summed E-state index contributed by atoms with van der Waals surface area (Å²) in [6.45, 7) is 3.02. The van der Waals surface area contributed by atoms with Crippen molar-refractivity contribution >= 4 is 40.5 Å². The molecule has 4 heterocycles. The van der Waals surface area contributed by atoms with Crippen LogP contribution in [-0.4, -0.2) is 77.0 Å². The van der Waals surface area contributed by atoms with Gasteiger partial charge in [-0.2, -0.15) is 0 Å². The average molecular weight is 543 g/mol. The number of anilines is 3. The summed E-state index contributed by atoms with van der Waals surface area (Å²) in [5.74, 6) is -0.691. The number of piperazine rings is 1. The number of halogens is 3. The first-order valence-corrected chi connectivity index (χ1v) is 12.2. The second kappa shape index (κ2) is 10.8. The maximum Gasteiger partial charge on any atom is 0.236 e. The lowest BCUT2D eigenvalue weighted by atomic mass is 10.2. The van der Waals surface area contributed by atoms with Crippen LogP contribution in [0.1, 0.15) is 0 Å². The summed E-state index contributed by atoms with van der Waals surface area (Å²) in [6, 6.07) is 6.46. The van der Waals surface area contributed by atoms with Crippen molar-refractivity contribution in [2.24, 2.45) is 0 Å². The third-order valence-corrected chi connectivity index (χ3v) is 6.55. The topological polar surface area (TPSA) is 99.9 Å². The molecule has 2 N–H and O–H groups in total. The SMILES string of the molecule is CNCC(=O)N1CCN(c2ccc(Nc3ncc(Cl)c(-c4cnc5c(F)cc(F)cn45)n3)c(OC)c2)CC1. The van der Waals surface area contributed by atoms with E-state index in [9.17, 15) is 13.6 Å².